The minimum absolute atomic E-state index is 0.00416. The number of unbranched alkanes of at least 4 members (excludes halogenated alkanes) is 2. The monoisotopic (exact) mass is 1220 g/mol. The highest BCUT2D eigenvalue weighted by atomic mass is 35.5. The number of nitrogens with two attached hydrogens (primary N) is 1. The third kappa shape index (κ3) is 17.7. The second-order valence-corrected chi connectivity index (χ2v) is 23.4. The Balaban J connectivity index is 1.01. The second-order valence-electron chi connectivity index (χ2n) is 22.9. The van der Waals surface area contributed by atoms with E-state index < -0.39 is 78.0 Å². The average Bonchev–Trinajstić information content (AvgIpc) is 2.31. The number of aromatic nitrogens is 2. The van der Waals surface area contributed by atoms with Crippen LogP contribution in [0.2, 0.25) is 5.02 Å². The van der Waals surface area contributed by atoms with Crippen molar-refractivity contribution >= 4 is 64.7 Å². The Hall–Kier alpha value is -7.63. The van der Waals surface area contributed by atoms with Crippen molar-refractivity contribution < 1.29 is 65.7 Å². The van der Waals surface area contributed by atoms with E-state index in [4.69, 9.17) is 36.5 Å². The van der Waals surface area contributed by atoms with Gasteiger partial charge in [0.2, 0.25) is 11.8 Å². The Labute approximate surface area is 503 Å². The average molecular weight is 1220 g/mol. The van der Waals surface area contributed by atoms with Crippen molar-refractivity contribution in [2.75, 3.05) is 51.9 Å². The maximum absolute atomic E-state index is 15.6. The summed E-state index contributed by atoms with van der Waals surface area (Å²) in [7, 11) is 1.49. The number of nitrogens with zero attached hydrogens (tertiary/aromatic N) is 5. The highest BCUT2D eigenvalue weighted by Crippen LogP contribution is 2.40. The predicted molar refractivity (Wildman–Crippen MR) is 314 cm³/mol. The van der Waals surface area contributed by atoms with Crippen molar-refractivity contribution in [2.45, 2.75) is 135 Å². The molecule has 8 amide bonds. The molecule has 0 saturated carbocycles. The van der Waals surface area contributed by atoms with Gasteiger partial charge in [0, 0.05) is 99.8 Å². The zero-order chi connectivity index (χ0) is 62.2. The number of carbonyl (C=O) groups excluding carboxylic acids is 8. The van der Waals surface area contributed by atoms with Gasteiger partial charge in [-0.2, -0.15) is 0 Å². The van der Waals surface area contributed by atoms with Gasteiger partial charge in [0.15, 0.2) is 5.78 Å². The molecular formula is C62H77ClF3N9O11. The van der Waals surface area contributed by atoms with Crippen LogP contribution in [0.4, 0.5) is 28.4 Å². The number of hydrogen-bond acceptors (Lipinski definition) is 12. The smallest absolute Gasteiger partial charge is 0.410 e. The van der Waals surface area contributed by atoms with Crippen LogP contribution in [0.1, 0.15) is 115 Å². The topological polar surface area (TPSA) is 254 Å². The molecule has 7 rings (SSSR count). The van der Waals surface area contributed by atoms with E-state index in [1.54, 1.807) is 79.8 Å². The molecule has 86 heavy (non-hydrogen) atoms. The number of ketones is 1. The second kappa shape index (κ2) is 30.6. The van der Waals surface area contributed by atoms with Crippen molar-refractivity contribution in [2.24, 2.45) is 23.5 Å². The highest BCUT2D eigenvalue weighted by molar-refractivity contribution is 6.30. The Bertz CT molecular complexity index is 3080. The summed E-state index contributed by atoms with van der Waals surface area (Å²) in [5.41, 5.74) is 5.79. The van der Waals surface area contributed by atoms with Gasteiger partial charge in [0.05, 0.1) is 23.4 Å². The lowest BCUT2D eigenvalue weighted by Gasteiger charge is -2.42. The van der Waals surface area contributed by atoms with Crippen LogP contribution >= 0.6 is 11.6 Å². The molecule has 3 aliphatic rings. The van der Waals surface area contributed by atoms with E-state index in [2.05, 4.69) is 16.0 Å². The number of imide groups is 1. The summed E-state index contributed by atoms with van der Waals surface area (Å²) in [6.07, 6.45) is 5.54. The molecule has 3 aliphatic heterocycles. The number of amides is 8. The first-order chi connectivity index (χ1) is 41.0. The number of rotatable bonds is 30. The molecule has 6 atom stereocenters. The fourth-order valence-corrected chi connectivity index (χ4v) is 11.3. The van der Waals surface area contributed by atoms with Gasteiger partial charge in [-0.3, -0.25) is 33.7 Å². The molecule has 2 saturated heterocycles. The molecule has 5 N–H and O–H groups in total. The number of methoxy groups -OCH3 is 1. The SMILES string of the molecule is COC(C)(C)[C@H](c1nc(-c2cc(Cl)ccc2F)cn1Cc1cccc(F)c1)N(C[C@H]1C[C@@H](CF)N(C(=O)OCc2ccc(NC(=O)[C@H](CCCNC(N)=O)CC(=O)[C@@H](NC(=O)CCCCCN3C(=O)C=CC3=O)C(C)C)cc2)C1)C(=O)[C@@H]1CCCO1. The molecule has 4 heterocycles. The van der Waals surface area contributed by atoms with Crippen LogP contribution in [-0.2, 0) is 56.1 Å². The zero-order valence-electron chi connectivity index (χ0n) is 49.2. The van der Waals surface area contributed by atoms with E-state index in [-0.39, 0.29) is 122 Å². The Morgan fingerprint density at radius 2 is 1.70 bits per heavy atom. The largest absolute Gasteiger partial charge is 0.445 e. The lowest BCUT2D eigenvalue weighted by molar-refractivity contribution is -0.153. The summed E-state index contributed by atoms with van der Waals surface area (Å²) in [5, 5.41) is 8.41. The summed E-state index contributed by atoms with van der Waals surface area (Å²) < 4.78 is 64.8. The standard InChI is InChI=1S/C62H77ClF3N9O11/c1-38(2)55(71-52(77)16-7-6-8-26-73-53(78)23-24-54(73)79)50(76)30-42(13-10-25-68-60(67)82)58(80)69-45-20-17-39(18-21-45)37-86-61(83)74-34-41(29-46(74)32-64)35-75(59(81)51-15-11-27-85-51)56(62(3,4)84-5)57-70-49(47-31-43(63)19-22-48(47)66)36-72(57)33-40-12-9-14-44(65)28-40/h9,12,14,17-24,28,31,36,38,41-42,46,51,55-56H,6-8,10-11,13,15-16,25-27,29-30,32-35,37H2,1-5H3,(H,69,80)(H,71,77)(H3,67,68,82)/t41-,42+,46-,51-,55-,56-/m0/s1. The van der Waals surface area contributed by atoms with Crippen molar-refractivity contribution in [1.29, 1.82) is 0 Å². The number of ether oxygens (including phenoxy) is 3. The van der Waals surface area contributed by atoms with E-state index in [1.807, 2.05) is 0 Å². The minimum Gasteiger partial charge on any atom is -0.445 e. The number of halogens is 4. The third-order valence-corrected chi connectivity index (χ3v) is 16.0. The summed E-state index contributed by atoms with van der Waals surface area (Å²) in [4.78, 5) is 114. The Morgan fingerprint density at radius 1 is 0.953 bits per heavy atom. The summed E-state index contributed by atoms with van der Waals surface area (Å²) in [6, 6.07) is 12.9. The fraction of sp³-hybridized carbons (Fsp3) is 0.500. The van der Waals surface area contributed by atoms with E-state index in [9.17, 15) is 42.7 Å². The number of nitrogens with one attached hydrogen (secondary N) is 3. The maximum Gasteiger partial charge on any atom is 0.410 e. The lowest BCUT2D eigenvalue weighted by atomic mass is 9.89. The summed E-state index contributed by atoms with van der Waals surface area (Å²) >= 11 is 6.35. The van der Waals surface area contributed by atoms with Gasteiger partial charge >= 0.3 is 12.1 Å². The molecule has 464 valence electrons. The van der Waals surface area contributed by atoms with Crippen LogP contribution in [-0.4, -0.2) is 142 Å². The number of benzene rings is 3. The highest BCUT2D eigenvalue weighted by Gasteiger charge is 2.47. The first kappa shape index (κ1) is 65.9. The van der Waals surface area contributed by atoms with Gasteiger partial charge in [-0.05, 0) is 124 Å². The van der Waals surface area contributed by atoms with Crippen LogP contribution in [0.3, 0.4) is 0 Å². The number of primary amides is 1. The van der Waals surface area contributed by atoms with Crippen LogP contribution in [0.25, 0.3) is 11.3 Å². The molecule has 24 heteroatoms. The van der Waals surface area contributed by atoms with Gasteiger partial charge in [-0.25, -0.2) is 27.7 Å². The van der Waals surface area contributed by atoms with Gasteiger partial charge < -0.3 is 50.3 Å². The van der Waals surface area contributed by atoms with Gasteiger partial charge in [0.1, 0.15) is 42.9 Å². The fourth-order valence-electron chi connectivity index (χ4n) is 11.1. The van der Waals surface area contributed by atoms with Crippen molar-refractivity contribution in [3.05, 3.63) is 119 Å². The molecule has 0 spiro atoms. The molecule has 3 aromatic carbocycles. The quantitative estimate of drug-likeness (QED) is 0.0283. The van der Waals surface area contributed by atoms with Crippen LogP contribution in [0.5, 0.6) is 0 Å². The van der Waals surface area contributed by atoms with Gasteiger partial charge in [-0.1, -0.05) is 56.1 Å². The van der Waals surface area contributed by atoms with Crippen molar-refractivity contribution in [1.82, 2.24) is 34.9 Å². The molecule has 0 aliphatic carbocycles. The van der Waals surface area contributed by atoms with E-state index in [1.165, 1.54) is 54.5 Å². The first-order valence-electron chi connectivity index (χ1n) is 29.1. The Morgan fingerprint density at radius 3 is 2.36 bits per heavy atom. The minimum atomic E-state index is -1.20. The van der Waals surface area contributed by atoms with Gasteiger partial charge in [0.25, 0.3) is 17.7 Å². The predicted octanol–water partition coefficient (Wildman–Crippen LogP) is 8.59. The van der Waals surface area contributed by atoms with Crippen LogP contribution in [0.15, 0.2) is 85.1 Å². The maximum atomic E-state index is 15.6. The number of imidazole rings is 1. The van der Waals surface area contributed by atoms with E-state index in [0.717, 1.165) is 4.90 Å². The molecule has 1 aromatic heterocycles. The molecule has 0 radical (unpaired) electrons. The summed E-state index contributed by atoms with van der Waals surface area (Å²) in [6.45, 7) is 6.78. The first-order valence-corrected chi connectivity index (χ1v) is 29.5. The summed E-state index contributed by atoms with van der Waals surface area (Å²) in [5.74, 6) is -4.81. The molecule has 0 bridgehead atoms. The van der Waals surface area contributed by atoms with Crippen LogP contribution in [0, 0.1) is 29.4 Å². The zero-order valence-corrected chi connectivity index (χ0v) is 49.9. The van der Waals surface area contributed by atoms with Gasteiger partial charge in [-0.15, -0.1) is 0 Å². The molecule has 4 aromatic rings. The third-order valence-electron chi connectivity index (χ3n) is 15.8. The van der Waals surface area contributed by atoms with Crippen LogP contribution < -0.4 is 21.7 Å². The molecule has 2 fully saturated rings. The number of likely N-dealkylation sites (tertiary alicyclic amines) is 1. The number of alkyl halides is 1. The van der Waals surface area contributed by atoms with E-state index >= 15 is 8.78 Å². The number of Topliss-reactive ketones (excluding diaryl/α,β-unsaturated/α-hetero) is 1. The number of hydrogen-bond donors (Lipinski definition) is 4. The molecular weight excluding hydrogens is 1140 g/mol. The van der Waals surface area contributed by atoms with Crippen molar-refractivity contribution in [3.63, 3.8) is 0 Å². The normalized spacial score (nSPS) is 17.9. The Kier molecular flexibility index (Phi) is 23.5. The lowest BCUT2D eigenvalue weighted by Crippen LogP contribution is -2.52. The number of anilines is 1. The molecule has 20 nitrogen and oxygen atoms in total. The van der Waals surface area contributed by atoms with E-state index in [0.29, 0.717) is 61.9 Å². The number of urea groups is 1. The number of carbonyl (C=O) groups is 8. The van der Waals surface area contributed by atoms with Crippen molar-refractivity contribution in [3.8, 4) is 11.3 Å². The molecule has 0 unspecified atom stereocenters.